The molecule has 0 saturated heterocycles. The van der Waals surface area contributed by atoms with Crippen LogP contribution in [0.15, 0.2) is 11.5 Å². The van der Waals surface area contributed by atoms with Gasteiger partial charge in [0.05, 0.1) is 7.11 Å². The summed E-state index contributed by atoms with van der Waals surface area (Å²) in [6.45, 7) is 11.0. The molecular weight excluding hydrogens is 138 g/mol. The molecule has 68 valence electrons. The summed E-state index contributed by atoms with van der Waals surface area (Å²) in [5.41, 5.74) is 1.11. The zero-order valence-electron chi connectivity index (χ0n) is 8.62. The molecule has 2 heteroatoms. The minimum absolute atomic E-state index is 0.951. The van der Waals surface area contributed by atoms with Gasteiger partial charge in [-0.3, -0.25) is 0 Å². The van der Waals surface area contributed by atoms with Gasteiger partial charge in [0, 0.05) is 12.2 Å². The van der Waals surface area contributed by atoms with Gasteiger partial charge in [0.25, 0.3) is 0 Å². The predicted molar refractivity (Wildman–Crippen MR) is 50.4 cm³/mol. The van der Waals surface area contributed by atoms with Crippen molar-refractivity contribution in [3.63, 3.8) is 0 Å². The molecule has 0 atom stereocenters. The lowest BCUT2D eigenvalue weighted by atomic mass is 10.4. The Kier molecular flexibility index (Phi) is 11.0. The summed E-state index contributed by atoms with van der Waals surface area (Å²) in [4.78, 5) is 0. The summed E-state index contributed by atoms with van der Waals surface area (Å²) < 4.78 is 4.98. The third-order valence-electron chi connectivity index (χ3n) is 1.28. The van der Waals surface area contributed by atoms with Crippen molar-refractivity contribution in [2.24, 2.45) is 0 Å². The maximum Gasteiger partial charge on any atom is 0.111 e. The lowest BCUT2D eigenvalue weighted by Gasteiger charge is -2.06. The molecular formula is C9H21NO. The Morgan fingerprint density at radius 2 is 1.73 bits per heavy atom. The third-order valence-corrected chi connectivity index (χ3v) is 1.28. The molecule has 0 radical (unpaired) electrons. The summed E-state index contributed by atoms with van der Waals surface area (Å²) in [5.74, 6) is 0.955. The maximum atomic E-state index is 4.98. The SMILES string of the molecule is CC.CCN/C(C)=C(/C)OC. The Balaban J connectivity index is 0. The maximum absolute atomic E-state index is 4.98. The molecule has 0 unspecified atom stereocenters. The van der Waals surface area contributed by atoms with E-state index in [1.807, 2.05) is 27.7 Å². The third kappa shape index (κ3) is 7.23. The summed E-state index contributed by atoms with van der Waals surface area (Å²) in [7, 11) is 1.68. The lowest BCUT2D eigenvalue weighted by Crippen LogP contribution is -2.11. The number of hydrogen-bond donors (Lipinski definition) is 1. The summed E-state index contributed by atoms with van der Waals surface area (Å²) in [6, 6.07) is 0. The van der Waals surface area contributed by atoms with E-state index in [1.165, 1.54) is 0 Å². The quantitative estimate of drug-likeness (QED) is 0.639. The van der Waals surface area contributed by atoms with E-state index >= 15 is 0 Å². The Bertz CT molecular complexity index is 108. The van der Waals surface area contributed by atoms with Crippen molar-refractivity contribution in [3.05, 3.63) is 11.5 Å². The molecule has 0 fully saturated rings. The zero-order chi connectivity index (χ0) is 9.28. The van der Waals surface area contributed by atoms with Crippen LogP contribution >= 0.6 is 0 Å². The molecule has 0 bridgehead atoms. The predicted octanol–water partition coefficient (Wildman–Crippen LogP) is 2.52. The second-order valence-electron chi connectivity index (χ2n) is 1.92. The number of ether oxygens (including phenoxy) is 1. The standard InChI is InChI=1S/C7H15NO.C2H6/c1-5-8-6(2)7(3)9-4;1-2/h8H,5H2,1-4H3;1-2H3/b7-6-;. The Labute approximate surface area is 70.6 Å². The first-order chi connectivity index (χ1) is 5.22. The first-order valence-corrected chi connectivity index (χ1v) is 4.17. The molecule has 0 aromatic rings. The molecule has 1 N–H and O–H groups in total. The Hall–Kier alpha value is -0.660. The first kappa shape index (κ1) is 13.0. The van der Waals surface area contributed by atoms with Crippen LogP contribution in [0.2, 0.25) is 0 Å². The van der Waals surface area contributed by atoms with Gasteiger partial charge in [0.1, 0.15) is 5.76 Å². The normalized spacial score (nSPS) is 10.7. The van der Waals surface area contributed by atoms with Crippen molar-refractivity contribution in [1.29, 1.82) is 0 Å². The zero-order valence-corrected chi connectivity index (χ0v) is 8.62. The molecule has 0 aliphatic rings. The fraction of sp³-hybridized carbons (Fsp3) is 0.778. The number of nitrogens with one attached hydrogen (secondary N) is 1. The van der Waals surface area contributed by atoms with Gasteiger partial charge in [-0.1, -0.05) is 13.8 Å². The van der Waals surface area contributed by atoms with E-state index in [1.54, 1.807) is 7.11 Å². The van der Waals surface area contributed by atoms with Crippen molar-refractivity contribution in [3.8, 4) is 0 Å². The van der Waals surface area contributed by atoms with Crippen LogP contribution in [0.25, 0.3) is 0 Å². The fourth-order valence-corrected chi connectivity index (χ4v) is 0.543. The monoisotopic (exact) mass is 159 g/mol. The highest BCUT2D eigenvalue weighted by Crippen LogP contribution is 1.98. The van der Waals surface area contributed by atoms with E-state index in [0.29, 0.717) is 0 Å². The van der Waals surface area contributed by atoms with Crippen molar-refractivity contribution in [1.82, 2.24) is 5.32 Å². The smallest absolute Gasteiger partial charge is 0.111 e. The van der Waals surface area contributed by atoms with E-state index in [2.05, 4.69) is 12.2 Å². The van der Waals surface area contributed by atoms with Crippen molar-refractivity contribution >= 4 is 0 Å². The molecule has 0 aliphatic heterocycles. The second kappa shape index (κ2) is 9.34. The molecule has 0 aromatic heterocycles. The van der Waals surface area contributed by atoms with Crippen LogP contribution in [0.5, 0.6) is 0 Å². The average Bonchev–Trinajstić information content (AvgIpc) is 2.07. The highest BCUT2D eigenvalue weighted by molar-refractivity contribution is 4.99. The van der Waals surface area contributed by atoms with Crippen LogP contribution < -0.4 is 5.32 Å². The van der Waals surface area contributed by atoms with Gasteiger partial charge in [-0.15, -0.1) is 0 Å². The number of rotatable bonds is 3. The van der Waals surface area contributed by atoms with E-state index in [9.17, 15) is 0 Å². The summed E-state index contributed by atoms with van der Waals surface area (Å²) in [5, 5.41) is 3.15. The molecule has 0 amide bonds. The highest BCUT2D eigenvalue weighted by atomic mass is 16.5. The van der Waals surface area contributed by atoms with Gasteiger partial charge < -0.3 is 10.1 Å². The molecule has 0 aliphatic carbocycles. The summed E-state index contributed by atoms with van der Waals surface area (Å²) in [6.07, 6.45) is 0. The van der Waals surface area contributed by atoms with Gasteiger partial charge in [-0.2, -0.15) is 0 Å². The topological polar surface area (TPSA) is 21.3 Å². The number of hydrogen-bond acceptors (Lipinski definition) is 2. The van der Waals surface area contributed by atoms with Gasteiger partial charge in [0.2, 0.25) is 0 Å². The molecule has 0 aromatic carbocycles. The largest absolute Gasteiger partial charge is 0.500 e. The molecule has 11 heavy (non-hydrogen) atoms. The van der Waals surface area contributed by atoms with Crippen molar-refractivity contribution < 1.29 is 4.74 Å². The van der Waals surface area contributed by atoms with E-state index in [-0.39, 0.29) is 0 Å². The van der Waals surface area contributed by atoms with Gasteiger partial charge in [-0.05, 0) is 20.8 Å². The minimum Gasteiger partial charge on any atom is -0.500 e. The van der Waals surface area contributed by atoms with Crippen molar-refractivity contribution in [2.45, 2.75) is 34.6 Å². The molecule has 0 rings (SSSR count). The Morgan fingerprint density at radius 3 is 2.00 bits per heavy atom. The lowest BCUT2D eigenvalue weighted by molar-refractivity contribution is 0.286. The molecule has 0 heterocycles. The van der Waals surface area contributed by atoms with Crippen LogP contribution in [0.3, 0.4) is 0 Å². The van der Waals surface area contributed by atoms with Gasteiger partial charge in [0.15, 0.2) is 0 Å². The van der Waals surface area contributed by atoms with Crippen LogP contribution in [0.1, 0.15) is 34.6 Å². The highest BCUT2D eigenvalue weighted by Gasteiger charge is 1.90. The fourth-order valence-electron chi connectivity index (χ4n) is 0.543. The van der Waals surface area contributed by atoms with E-state index in [4.69, 9.17) is 4.74 Å². The minimum atomic E-state index is 0.951. The number of methoxy groups -OCH3 is 1. The van der Waals surface area contributed by atoms with Crippen LogP contribution in [-0.4, -0.2) is 13.7 Å². The van der Waals surface area contributed by atoms with Crippen LogP contribution in [0, 0.1) is 0 Å². The van der Waals surface area contributed by atoms with Crippen LogP contribution in [-0.2, 0) is 4.74 Å². The van der Waals surface area contributed by atoms with Gasteiger partial charge in [-0.25, -0.2) is 0 Å². The van der Waals surface area contributed by atoms with Crippen molar-refractivity contribution in [2.75, 3.05) is 13.7 Å². The summed E-state index contributed by atoms with van der Waals surface area (Å²) >= 11 is 0. The number of allylic oxidation sites excluding steroid dienone is 2. The molecule has 0 saturated carbocycles. The van der Waals surface area contributed by atoms with E-state index < -0.39 is 0 Å². The van der Waals surface area contributed by atoms with Crippen LogP contribution in [0.4, 0.5) is 0 Å². The average molecular weight is 159 g/mol. The first-order valence-electron chi connectivity index (χ1n) is 4.17. The van der Waals surface area contributed by atoms with E-state index in [0.717, 1.165) is 18.0 Å². The second-order valence-corrected chi connectivity index (χ2v) is 1.92. The molecule has 2 nitrogen and oxygen atoms in total. The Morgan fingerprint density at radius 1 is 1.27 bits per heavy atom. The van der Waals surface area contributed by atoms with Gasteiger partial charge >= 0.3 is 0 Å². The molecule has 0 spiro atoms.